The molecule has 100 heteroatoms. The summed E-state index contributed by atoms with van der Waals surface area (Å²) >= 11 is 0. The highest BCUT2D eigenvalue weighted by molar-refractivity contribution is 2.23. The fourth-order valence-electron chi connectivity index (χ4n) is 0. The second kappa shape index (κ2) is 52500. The van der Waals surface area contributed by atoms with E-state index in [9.17, 15) is 0 Å². The van der Waals surface area contributed by atoms with Crippen LogP contribution in [0.5, 0.6) is 0 Å². The summed E-state index contributed by atoms with van der Waals surface area (Å²) in [6, 6.07) is 0. The molecule has 0 aromatic carbocycles. The van der Waals surface area contributed by atoms with Crippen LogP contribution < -0.4 is 609 Å². The lowest BCUT2D eigenvalue weighted by Gasteiger charge is -0.00100. The van der Waals surface area contributed by atoms with Crippen molar-refractivity contribution in [2.75, 3.05) is 0 Å². The van der Waals surface area contributed by atoms with Crippen molar-refractivity contribution in [2.45, 2.75) is 0 Å². The molecule has 0 amide bonds. The van der Waals surface area contributed by atoms with Gasteiger partial charge < -0.3 is 0 Å². The first-order chi connectivity index (χ1) is 0. The van der Waals surface area contributed by atoms with Crippen LogP contribution in [0, 0.1) is 0 Å². The van der Waals surface area contributed by atoms with E-state index in [1.54, 1.807) is 0 Å². The van der Waals surface area contributed by atoms with Gasteiger partial charge in [-0.15, -0.1) is 0 Å². The number of nitrogens with zero attached hydrogens (tertiary/aromatic N) is 99. The summed E-state index contributed by atoms with van der Waals surface area (Å²) < 4.78 is 0. The summed E-state index contributed by atoms with van der Waals surface area (Å²) in [6.45, 7) is 0. The Balaban J connectivity index is 0. The molecule has 0 heterocycles. The van der Waals surface area contributed by atoms with Gasteiger partial charge in [0.15, 0.2) is 0 Å². The second-order valence-corrected chi connectivity index (χ2v) is 0. The van der Waals surface area contributed by atoms with Gasteiger partial charge in [0.25, 0.3) is 0 Å². The van der Waals surface area contributed by atoms with Gasteiger partial charge in [0, 0.05) is 614 Å². The molecule has 0 aromatic rings. The summed E-state index contributed by atoms with van der Waals surface area (Å²) in [5.74, 6) is 0. The fourth-order valence-corrected chi connectivity index (χ4v) is 0. The predicted molar refractivity (Wildman–Crippen MR) is 212 cm³/mol. The molecule has 0 aliphatic rings. The number of hydrogen-bond acceptors (Lipinski definition) is 0. The minimum atomic E-state index is 0. The van der Waals surface area contributed by atoms with Gasteiger partial charge in [-0.25, -0.2) is 0 Å². The summed E-state index contributed by atoms with van der Waals surface area (Å²) in [5.41, 5.74) is 0. The Bertz CT molecular complexity index is 8.08. The Kier molecular flexibility index (Phi) is 28400000. The maximum absolute atomic E-state index is 0. The van der Waals surface area contributed by atoms with Gasteiger partial charge in [-0.05, 0) is 0 Å². The molecule has 0 bridgehead atoms. The predicted octanol–water partition coefficient (Wildman–Crippen LogP) is -47.7. The van der Waals surface area contributed by atoms with E-state index in [1.807, 2.05) is 0 Å². The van der Waals surface area contributed by atoms with Crippen molar-refractivity contribution < 1.29 is 5.48 Å². The second-order valence-electron chi connectivity index (χ2n) is 0. The van der Waals surface area contributed by atoms with Crippen molar-refractivity contribution in [2.24, 2.45) is 0 Å². The summed E-state index contributed by atoms with van der Waals surface area (Å²) in [7, 11) is 0. The molecule has 0 saturated heterocycles. The molecule has 0 rings (SSSR count). The highest BCUT2D eigenvalue weighted by atomic mass is 16.0. The molecule has 0 spiro atoms. The summed E-state index contributed by atoms with van der Waals surface area (Å²) in [4.78, 5) is 0. The molecule has 0 unspecified atom stereocenters. The molecule has 0 saturated carbocycles. The number of rotatable bonds is 0. The summed E-state index contributed by atoms with van der Waals surface area (Å²) in [6.07, 6.45) is 0. The monoisotopic (exact) mass is 1400 g/mol. The van der Waals surface area contributed by atoms with E-state index in [4.69, 9.17) is 0 Å². The molecule has 0 aliphatic carbocycles. The largest absolute Gasteiger partial charge is 0 e. The first kappa shape index (κ1) is 54100. The lowest BCUT2D eigenvalue weighted by molar-refractivity contribution is 0.686. The minimum Gasteiger partial charge on any atom is 0 e. The average Bonchev–Trinajstić information content (AvgIpc) is 0. The summed E-state index contributed by atoms with van der Waals surface area (Å²) in [5, 5.41) is 0. The highest BCUT2D eigenvalue weighted by Crippen LogP contribution is -0.118. The topological polar surface area (TPSA) is 3050 Å². The zero-order valence-electron chi connectivity index (χ0n) is 44.7. The van der Waals surface area contributed by atoms with Crippen molar-refractivity contribution in [1.82, 2.24) is 609 Å². The molecular weight excluding hydrogens is 1400 g/mol. The van der Waals surface area contributed by atoms with Crippen molar-refractivity contribution >= 4 is 0 Å². The van der Waals surface area contributed by atoms with Crippen molar-refractivity contribution in [3.63, 3.8) is 0 Å². The first-order valence-corrected chi connectivity index (χ1v) is 0. The standard InChI is InChI=1S/99N.O. The van der Waals surface area contributed by atoms with Crippen LogP contribution in [0.1, 0.15) is 0 Å². The van der Waals surface area contributed by atoms with Gasteiger partial charge in [0.1, 0.15) is 0 Å². The molecule has 0 N–H and O–H groups in total. The average molecular weight is 1400 g/mol. The first-order valence-electron chi connectivity index (χ1n) is 0. The maximum atomic E-state index is 0. The Hall–Kier alpha value is -4.00. The Morgan fingerprint density at radius 1 is 0.0200 bits per heavy atom. The van der Waals surface area contributed by atoms with E-state index in [0.717, 1.165) is 0 Å². The molecule has 0 aliphatic heterocycles. The van der Waals surface area contributed by atoms with Crippen LogP contribution in [0.2, 0.25) is 0 Å². The zero-order chi connectivity index (χ0) is 0. The van der Waals surface area contributed by atoms with Crippen LogP contribution in [0.3, 0.4) is 0 Å². The lowest BCUT2D eigenvalue weighted by Crippen LogP contribution is -0.482. The molecule has 0 fully saturated rings. The third kappa shape index (κ3) is 50800. The number of hydrogen-bond donors (Lipinski definition) is 0. The molecule has 100 heavy (non-hydrogen) atoms. The van der Waals surface area contributed by atoms with Gasteiger partial charge >= 0.3 is 0 Å². The SMILES string of the molecule is [N].[N].[N].[N].[N].[N].[N].[N].[N].[N].[N].[N].[N].[N].[N].[N].[N].[N].[N].[N].[N].[N].[N].[N].[N].[N].[N].[N].[N].[N].[N].[N].[N].[N].[N].[N].[N].[N].[N].[N].[N].[N].[N].[N].[N].[N].[N].[N].[N].[N].[N].[N].[N].[N].[N].[N].[N].[N].[N].[N].[N].[N].[N].[N].[N].[N].[N].[N].[N].[N].[N].[N].[N].[N].[N].[N].[N].[N].[N].[N].[N].[N].[N].[N].[N].[N].[N].[N].[N].[N].[N].[N].[N].[N].[N].[N].[N].[N].[N].[O]. The van der Waals surface area contributed by atoms with Gasteiger partial charge in [0.2, 0.25) is 0 Å². The van der Waals surface area contributed by atoms with E-state index in [2.05, 4.69) is 0 Å². The van der Waals surface area contributed by atoms with E-state index in [1.165, 1.54) is 0 Å². The van der Waals surface area contributed by atoms with Crippen LogP contribution in [0.4, 0.5) is 0 Å². The van der Waals surface area contributed by atoms with Gasteiger partial charge in [-0.3, -0.25) is 0 Å². The van der Waals surface area contributed by atoms with Crippen molar-refractivity contribution in [3.8, 4) is 0 Å². The fraction of sp³-hybridized carbons (Fsp3) is 0. The van der Waals surface area contributed by atoms with Crippen molar-refractivity contribution in [1.29, 1.82) is 0 Å². The quantitative estimate of drug-likeness (QED) is 0.218. The Morgan fingerprint density at radius 3 is 0.0200 bits per heavy atom. The third-order valence-electron chi connectivity index (χ3n) is 0. The van der Waals surface area contributed by atoms with E-state index in [0.29, 0.717) is 0 Å². The van der Waals surface area contributed by atoms with Crippen LogP contribution in [0.25, 0.3) is 0 Å². The highest BCUT2D eigenvalue weighted by Gasteiger charge is 0.0990. The minimum absolute atomic E-state index is 0. The van der Waals surface area contributed by atoms with Crippen molar-refractivity contribution in [3.05, 3.63) is 0 Å². The van der Waals surface area contributed by atoms with Crippen LogP contribution in [0.15, 0.2) is 0 Å². The van der Waals surface area contributed by atoms with Crippen LogP contribution >= 0.6 is 0 Å². The van der Waals surface area contributed by atoms with Crippen LogP contribution in [-0.4, -0.2) is 0 Å². The molecular formula is N99O. The molecule has 0 aromatic heterocycles. The van der Waals surface area contributed by atoms with E-state index in [-0.39, 0.29) is 614 Å². The lowest BCUT2D eigenvalue weighted by atomic mass is 14.0. The normalized spacial score (nSPS) is 0. The molecule has 0 atom stereocenters. The zero-order valence-corrected chi connectivity index (χ0v) is 44.7. The Morgan fingerprint density at radius 2 is 0.0200 bits per heavy atom. The van der Waals surface area contributed by atoms with Gasteiger partial charge in [-0.1, -0.05) is 0 Å². The molecule has 299 radical (unpaired) electrons. The van der Waals surface area contributed by atoms with Crippen LogP contribution in [-0.2, 0) is 5.48 Å². The van der Waals surface area contributed by atoms with E-state index < -0.39 is 0 Å². The molecule has 501 valence electrons. The van der Waals surface area contributed by atoms with Gasteiger partial charge in [-0.2, -0.15) is 0 Å². The third-order valence-corrected chi connectivity index (χ3v) is 0. The maximum Gasteiger partial charge on any atom is 0 e. The Labute approximate surface area is 614 Å². The van der Waals surface area contributed by atoms with Gasteiger partial charge in [0.05, 0.1) is 0 Å². The van der Waals surface area contributed by atoms with E-state index >= 15 is 0 Å². The molecule has 100 nitrogen and oxygen atoms in total. The smallest absolute Gasteiger partial charge is 0 e.